The zero-order valence-electron chi connectivity index (χ0n) is 10.8. The van der Waals surface area contributed by atoms with E-state index in [1.165, 1.54) is 30.5 Å². The lowest BCUT2D eigenvalue weighted by atomic mass is 10.1. The molecule has 2 rings (SSSR count). The normalized spacial score (nSPS) is 12.2. The molecular formula is C14H13F2NO4. The number of carbonyl (C=O) groups is 1. The first kappa shape index (κ1) is 15.0. The smallest absolute Gasteiger partial charge is 0.387 e. The van der Waals surface area contributed by atoms with E-state index in [1.807, 2.05) is 0 Å². The number of furan rings is 1. The van der Waals surface area contributed by atoms with Crippen LogP contribution in [-0.2, 0) is 0 Å². The van der Waals surface area contributed by atoms with Gasteiger partial charge in [-0.2, -0.15) is 8.78 Å². The van der Waals surface area contributed by atoms with E-state index in [-0.39, 0.29) is 17.9 Å². The Bertz CT molecular complexity index is 586. The Morgan fingerprint density at radius 1 is 1.33 bits per heavy atom. The Morgan fingerprint density at radius 2 is 2.14 bits per heavy atom. The molecule has 1 atom stereocenters. The van der Waals surface area contributed by atoms with Crippen molar-refractivity contribution in [3.8, 4) is 5.75 Å². The fraction of sp³-hybridized carbons (Fsp3) is 0.214. The summed E-state index contributed by atoms with van der Waals surface area (Å²) < 4.78 is 33.6. The maximum absolute atomic E-state index is 12.1. The van der Waals surface area contributed by atoms with Crippen LogP contribution in [0.15, 0.2) is 47.1 Å². The molecular weight excluding hydrogens is 284 g/mol. The minimum Gasteiger partial charge on any atom is -0.467 e. The molecule has 5 nitrogen and oxygen atoms in total. The van der Waals surface area contributed by atoms with Crippen LogP contribution < -0.4 is 10.1 Å². The molecule has 1 aromatic carbocycles. The van der Waals surface area contributed by atoms with Gasteiger partial charge in [-0.1, -0.05) is 6.07 Å². The van der Waals surface area contributed by atoms with Crippen LogP contribution in [0.25, 0.3) is 0 Å². The number of hydrogen-bond donors (Lipinski definition) is 2. The topological polar surface area (TPSA) is 71.7 Å². The molecule has 0 aliphatic rings. The van der Waals surface area contributed by atoms with Crippen LogP contribution in [0.4, 0.5) is 8.78 Å². The van der Waals surface area contributed by atoms with E-state index < -0.39 is 18.6 Å². The summed E-state index contributed by atoms with van der Waals surface area (Å²) in [6.45, 7) is -3.32. The molecule has 0 aliphatic carbocycles. The molecule has 7 heteroatoms. The summed E-state index contributed by atoms with van der Waals surface area (Å²) in [4.78, 5) is 12.0. The maximum Gasteiger partial charge on any atom is 0.387 e. The van der Waals surface area contributed by atoms with Crippen molar-refractivity contribution in [2.75, 3.05) is 6.61 Å². The number of ether oxygens (including phenoxy) is 1. The average molecular weight is 297 g/mol. The highest BCUT2D eigenvalue weighted by molar-refractivity contribution is 5.94. The summed E-state index contributed by atoms with van der Waals surface area (Å²) in [6, 6.07) is 7.90. The number of aliphatic hydroxyl groups excluding tert-OH is 1. The molecule has 0 aliphatic heterocycles. The summed E-state index contributed by atoms with van der Waals surface area (Å²) in [5.41, 5.74) is 0.137. The summed E-state index contributed by atoms with van der Waals surface area (Å²) in [7, 11) is 0. The summed E-state index contributed by atoms with van der Waals surface area (Å²) in [5.74, 6) is -0.257. The first-order valence-corrected chi connectivity index (χ1v) is 6.10. The summed E-state index contributed by atoms with van der Waals surface area (Å²) in [6.07, 6.45) is 1.42. The Morgan fingerprint density at radius 3 is 2.76 bits per heavy atom. The van der Waals surface area contributed by atoms with Crippen molar-refractivity contribution in [3.63, 3.8) is 0 Å². The number of alkyl halides is 2. The highest BCUT2D eigenvalue weighted by atomic mass is 19.3. The summed E-state index contributed by atoms with van der Waals surface area (Å²) in [5, 5.41) is 11.8. The number of nitrogens with one attached hydrogen (secondary N) is 1. The van der Waals surface area contributed by atoms with Gasteiger partial charge in [0.2, 0.25) is 0 Å². The number of amides is 1. The van der Waals surface area contributed by atoms with Gasteiger partial charge in [-0.25, -0.2) is 0 Å². The van der Waals surface area contributed by atoms with Gasteiger partial charge < -0.3 is 19.6 Å². The highest BCUT2D eigenvalue weighted by Crippen LogP contribution is 2.18. The van der Waals surface area contributed by atoms with E-state index in [0.29, 0.717) is 5.76 Å². The first-order valence-electron chi connectivity index (χ1n) is 6.10. The number of halogens is 2. The van der Waals surface area contributed by atoms with Crippen LogP contribution in [-0.4, -0.2) is 24.2 Å². The number of rotatable bonds is 6. The van der Waals surface area contributed by atoms with Gasteiger partial charge in [0.05, 0.1) is 12.9 Å². The third-order valence-electron chi connectivity index (χ3n) is 2.70. The van der Waals surface area contributed by atoms with Crippen LogP contribution in [0, 0.1) is 0 Å². The van der Waals surface area contributed by atoms with Gasteiger partial charge >= 0.3 is 6.61 Å². The van der Waals surface area contributed by atoms with E-state index in [0.717, 1.165) is 0 Å². The van der Waals surface area contributed by atoms with Gasteiger partial charge in [0.1, 0.15) is 17.6 Å². The largest absolute Gasteiger partial charge is 0.467 e. The van der Waals surface area contributed by atoms with E-state index in [9.17, 15) is 18.7 Å². The molecule has 21 heavy (non-hydrogen) atoms. The molecule has 0 spiro atoms. The number of carbonyl (C=O) groups excluding carboxylic acids is 1. The number of hydrogen-bond acceptors (Lipinski definition) is 4. The van der Waals surface area contributed by atoms with E-state index in [1.54, 1.807) is 12.1 Å². The SMILES string of the molecule is O=C(NC(CO)c1ccco1)c1cccc(OC(F)F)c1. The van der Waals surface area contributed by atoms with Crippen LogP contribution in [0.3, 0.4) is 0 Å². The van der Waals surface area contributed by atoms with Crippen molar-refractivity contribution in [2.45, 2.75) is 12.7 Å². The molecule has 1 amide bonds. The highest BCUT2D eigenvalue weighted by Gasteiger charge is 2.17. The molecule has 0 fully saturated rings. The van der Waals surface area contributed by atoms with E-state index in [4.69, 9.17) is 4.42 Å². The van der Waals surface area contributed by atoms with E-state index >= 15 is 0 Å². The second-order valence-electron chi connectivity index (χ2n) is 4.13. The lowest BCUT2D eigenvalue weighted by Gasteiger charge is -2.14. The predicted molar refractivity (Wildman–Crippen MR) is 69.1 cm³/mol. The molecule has 0 saturated carbocycles. The van der Waals surface area contributed by atoms with Gasteiger partial charge in [-0.3, -0.25) is 4.79 Å². The van der Waals surface area contributed by atoms with Crippen LogP contribution in [0.1, 0.15) is 22.2 Å². The molecule has 1 unspecified atom stereocenters. The van der Waals surface area contributed by atoms with Crippen molar-refractivity contribution < 1.29 is 27.8 Å². The van der Waals surface area contributed by atoms with E-state index in [2.05, 4.69) is 10.1 Å². The van der Waals surface area contributed by atoms with Crippen molar-refractivity contribution in [3.05, 3.63) is 54.0 Å². The number of aliphatic hydroxyl groups is 1. The van der Waals surface area contributed by atoms with Gasteiger partial charge in [0.25, 0.3) is 5.91 Å². The predicted octanol–water partition coefficient (Wildman–Crippen LogP) is 2.34. The maximum atomic E-state index is 12.1. The minimum atomic E-state index is -2.96. The second-order valence-corrected chi connectivity index (χ2v) is 4.13. The zero-order chi connectivity index (χ0) is 15.2. The first-order chi connectivity index (χ1) is 10.1. The number of benzene rings is 1. The Labute approximate surface area is 119 Å². The van der Waals surface area contributed by atoms with Crippen molar-refractivity contribution >= 4 is 5.91 Å². The third-order valence-corrected chi connectivity index (χ3v) is 2.70. The summed E-state index contributed by atoms with van der Waals surface area (Å²) >= 11 is 0. The van der Waals surface area contributed by atoms with Gasteiger partial charge in [0.15, 0.2) is 0 Å². The van der Waals surface area contributed by atoms with Gasteiger partial charge in [0, 0.05) is 5.56 Å². The average Bonchev–Trinajstić information content (AvgIpc) is 2.98. The monoisotopic (exact) mass is 297 g/mol. The second kappa shape index (κ2) is 6.85. The van der Waals surface area contributed by atoms with Crippen LogP contribution in [0.2, 0.25) is 0 Å². The Kier molecular flexibility index (Phi) is 4.89. The lowest BCUT2D eigenvalue weighted by Crippen LogP contribution is -2.30. The molecule has 112 valence electrons. The van der Waals surface area contributed by atoms with Crippen LogP contribution >= 0.6 is 0 Å². The van der Waals surface area contributed by atoms with Crippen molar-refractivity contribution in [1.82, 2.24) is 5.32 Å². The molecule has 1 heterocycles. The molecule has 2 aromatic rings. The van der Waals surface area contributed by atoms with Gasteiger partial charge in [-0.05, 0) is 30.3 Å². The minimum absolute atomic E-state index is 0.115. The van der Waals surface area contributed by atoms with Crippen molar-refractivity contribution in [2.24, 2.45) is 0 Å². The standard InChI is InChI=1S/C14H13F2NO4/c15-14(16)21-10-4-1-3-9(7-10)13(19)17-11(8-18)12-5-2-6-20-12/h1-7,11,14,18H,8H2,(H,17,19). The Balaban J connectivity index is 2.09. The van der Waals surface area contributed by atoms with Crippen molar-refractivity contribution in [1.29, 1.82) is 0 Å². The molecule has 0 bridgehead atoms. The Hall–Kier alpha value is -2.41. The molecule has 0 radical (unpaired) electrons. The quantitative estimate of drug-likeness (QED) is 0.858. The lowest BCUT2D eigenvalue weighted by molar-refractivity contribution is -0.0498. The van der Waals surface area contributed by atoms with Gasteiger partial charge in [-0.15, -0.1) is 0 Å². The fourth-order valence-corrected chi connectivity index (χ4v) is 1.75. The van der Waals surface area contributed by atoms with Crippen LogP contribution in [0.5, 0.6) is 5.75 Å². The molecule has 0 saturated heterocycles. The molecule has 1 aromatic heterocycles. The molecule has 2 N–H and O–H groups in total. The third kappa shape index (κ3) is 4.03. The fourth-order valence-electron chi connectivity index (χ4n) is 1.75. The zero-order valence-corrected chi connectivity index (χ0v) is 10.8.